The standard InChI is InChI=1S/C19H16ClF2N5O3/c1-18(8-10-24-16(18)28)17-27-26-15(29-17)13-3-2-9-23-14(13)25-11-4-6-12(7-5-11)30-19(20,21)22/h2-7,9H,8,10H2,1H3,(H,23,25)(H,24,28). The number of benzene rings is 1. The Labute approximate surface area is 174 Å². The van der Waals surface area contributed by atoms with E-state index in [9.17, 15) is 13.6 Å². The number of hydrogen-bond acceptors (Lipinski definition) is 7. The summed E-state index contributed by atoms with van der Waals surface area (Å²) in [4.78, 5) is 16.4. The van der Waals surface area contributed by atoms with Gasteiger partial charge in [0, 0.05) is 30.0 Å². The first-order chi connectivity index (χ1) is 14.2. The molecule has 1 aromatic carbocycles. The molecular formula is C19H16ClF2N5O3. The maximum atomic E-state index is 12.7. The van der Waals surface area contributed by atoms with Crippen molar-refractivity contribution >= 4 is 29.0 Å². The van der Waals surface area contributed by atoms with Gasteiger partial charge in [-0.3, -0.25) is 4.79 Å². The minimum atomic E-state index is -3.79. The van der Waals surface area contributed by atoms with Crippen LogP contribution in [0, 0.1) is 0 Å². The zero-order chi connectivity index (χ0) is 21.4. The first-order valence-corrected chi connectivity index (χ1v) is 9.33. The Hall–Kier alpha value is -3.27. The van der Waals surface area contributed by atoms with Crippen LogP contribution in [0.2, 0.25) is 0 Å². The smallest absolute Gasteiger partial charge is 0.420 e. The first-order valence-electron chi connectivity index (χ1n) is 8.95. The van der Waals surface area contributed by atoms with E-state index in [1.54, 1.807) is 25.3 Å². The summed E-state index contributed by atoms with van der Waals surface area (Å²) in [5.41, 5.74) is -3.58. The highest BCUT2D eigenvalue weighted by molar-refractivity contribution is 6.20. The Balaban J connectivity index is 1.57. The quantitative estimate of drug-likeness (QED) is 0.567. The molecule has 156 valence electrons. The molecule has 0 spiro atoms. The number of amides is 1. The van der Waals surface area contributed by atoms with Crippen molar-refractivity contribution in [2.24, 2.45) is 0 Å². The SMILES string of the molecule is CC1(c2nnc(-c3cccnc3Nc3ccc(OC(F)(F)Cl)cc3)o2)CCNC1=O. The van der Waals surface area contributed by atoms with E-state index in [2.05, 4.69) is 30.6 Å². The molecular weight excluding hydrogens is 420 g/mol. The Morgan fingerprint density at radius 3 is 2.70 bits per heavy atom. The molecule has 1 saturated heterocycles. The second-order valence-electron chi connectivity index (χ2n) is 6.85. The molecule has 1 aliphatic heterocycles. The van der Waals surface area contributed by atoms with Crippen LogP contribution in [0.3, 0.4) is 0 Å². The fourth-order valence-electron chi connectivity index (χ4n) is 3.05. The van der Waals surface area contributed by atoms with E-state index in [-0.39, 0.29) is 23.4 Å². The summed E-state index contributed by atoms with van der Waals surface area (Å²) in [6.45, 7) is 2.30. The molecule has 8 nitrogen and oxygen atoms in total. The van der Waals surface area contributed by atoms with Crippen molar-refractivity contribution in [2.45, 2.75) is 24.3 Å². The van der Waals surface area contributed by atoms with E-state index in [1.807, 2.05) is 0 Å². The third-order valence-electron chi connectivity index (χ3n) is 4.70. The summed E-state index contributed by atoms with van der Waals surface area (Å²) in [6.07, 6.45) is 2.13. The van der Waals surface area contributed by atoms with Crippen molar-refractivity contribution < 1.29 is 22.7 Å². The predicted molar refractivity (Wildman–Crippen MR) is 104 cm³/mol. The van der Waals surface area contributed by atoms with Crippen LogP contribution < -0.4 is 15.4 Å². The second-order valence-corrected chi connectivity index (χ2v) is 7.29. The molecule has 3 aromatic rings. The summed E-state index contributed by atoms with van der Waals surface area (Å²) in [5.74, 6) is 0.581. The van der Waals surface area contributed by atoms with E-state index in [4.69, 9.17) is 16.0 Å². The average Bonchev–Trinajstić information content (AvgIpc) is 3.31. The fourth-order valence-corrected chi connectivity index (χ4v) is 3.14. The van der Waals surface area contributed by atoms with Gasteiger partial charge in [0.1, 0.15) is 17.0 Å². The van der Waals surface area contributed by atoms with Crippen LogP contribution in [0.4, 0.5) is 20.3 Å². The summed E-state index contributed by atoms with van der Waals surface area (Å²) in [6, 6.07) is 9.17. The van der Waals surface area contributed by atoms with E-state index < -0.39 is 11.0 Å². The maximum Gasteiger partial charge on any atom is 0.487 e. The van der Waals surface area contributed by atoms with Gasteiger partial charge in [-0.15, -0.1) is 19.0 Å². The van der Waals surface area contributed by atoms with Crippen molar-refractivity contribution in [1.82, 2.24) is 20.5 Å². The lowest BCUT2D eigenvalue weighted by atomic mass is 9.89. The van der Waals surface area contributed by atoms with Crippen molar-refractivity contribution in [2.75, 3.05) is 11.9 Å². The van der Waals surface area contributed by atoms with Gasteiger partial charge in [0.05, 0.1) is 5.56 Å². The molecule has 1 fully saturated rings. The van der Waals surface area contributed by atoms with Gasteiger partial charge in [-0.2, -0.15) is 0 Å². The lowest BCUT2D eigenvalue weighted by Gasteiger charge is -2.14. The monoisotopic (exact) mass is 435 g/mol. The number of carbonyl (C=O) groups excluding carboxylic acids is 1. The Kier molecular flexibility index (Phi) is 5.02. The fraction of sp³-hybridized carbons (Fsp3) is 0.263. The average molecular weight is 436 g/mol. The number of rotatable bonds is 6. The number of halogens is 3. The molecule has 1 amide bonds. The van der Waals surface area contributed by atoms with Gasteiger partial charge in [-0.1, -0.05) is 0 Å². The lowest BCUT2D eigenvalue weighted by molar-refractivity contribution is -0.124. The molecule has 0 radical (unpaired) electrons. The molecule has 0 aliphatic carbocycles. The maximum absolute atomic E-state index is 12.7. The first kappa shape index (κ1) is 20.0. The number of alkyl halides is 3. The number of pyridine rings is 1. The van der Waals surface area contributed by atoms with Crippen LogP contribution in [-0.2, 0) is 10.2 Å². The minimum absolute atomic E-state index is 0.0913. The number of hydrogen-bond donors (Lipinski definition) is 2. The van der Waals surface area contributed by atoms with Crippen LogP contribution in [0.15, 0.2) is 47.0 Å². The number of aromatic nitrogens is 3. The topological polar surface area (TPSA) is 102 Å². The molecule has 30 heavy (non-hydrogen) atoms. The third kappa shape index (κ3) is 4.04. The number of anilines is 2. The van der Waals surface area contributed by atoms with E-state index in [0.29, 0.717) is 30.0 Å². The highest BCUT2D eigenvalue weighted by atomic mass is 35.5. The molecule has 1 unspecified atom stereocenters. The summed E-state index contributed by atoms with van der Waals surface area (Å²) in [7, 11) is 0. The lowest BCUT2D eigenvalue weighted by Crippen LogP contribution is -2.32. The number of ether oxygens (including phenoxy) is 1. The number of nitrogens with one attached hydrogen (secondary N) is 2. The zero-order valence-electron chi connectivity index (χ0n) is 15.7. The van der Waals surface area contributed by atoms with Gasteiger partial charge in [-0.25, -0.2) is 4.98 Å². The van der Waals surface area contributed by atoms with Gasteiger partial charge in [0.25, 0.3) is 5.89 Å². The molecule has 0 saturated carbocycles. The van der Waals surface area contributed by atoms with Crippen molar-refractivity contribution in [3.8, 4) is 17.2 Å². The highest BCUT2D eigenvalue weighted by Crippen LogP contribution is 2.34. The Bertz CT molecular complexity index is 1070. The molecule has 1 atom stereocenters. The van der Waals surface area contributed by atoms with E-state index >= 15 is 0 Å². The Morgan fingerprint density at radius 1 is 1.27 bits per heavy atom. The van der Waals surface area contributed by atoms with Gasteiger partial charge in [0.15, 0.2) is 0 Å². The van der Waals surface area contributed by atoms with Gasteiger partial charge in [0.2, 0.25) is 11.8 Å². The molecule has 0 bridgehead atoms. The van der Waals surface area contributed by atoms with Crippen LogP contribution in [-0.4, -0.2) is 33.2 Å². The van der Waals surface area contributed by atoms with Crippen molar-refractivity contribution in [1.29, 1.82) is 0 Å². The predicted octanol–water partition coefficient (Wildman–Crippen LogP) is 3.82. The number of nitrogens with zero attached hydrogens (tertiary/aromatic N) is 3. The largest absolute Gasteiger partial charge is 0.487 e. The van der Waals surface area contributed by atoms with Gasteiger partial charge < -0.3 is 19.8 Å². The van der Waals surface area contributed by atoms with E-state index in [1.165, 1.54) is 24.3 Å². The van der Waals surface area contributed by atoms with Crippen LogP contribution >= 0.6 is 11.6 Å². The minimum Gasteiger partial charge on any atom is -0.420 e. The van der Waals surface area contributed by atoms with Crippen LogP contribution in [0.5, 0.6) is 5.75 Å². The van der Waals surface area contributed by atoms with Gasteiger partial charge >= 0.3 is 5.57 Å². The molecule has 2 N–H and O–H groups in total. The number of carbonyl (C=O) groups is 1. The Morgan fingerprint density at radius 2 is 2.03 bits per heavy atom. The van der Waals surface area contributed by atoms with Crippen molar-refractivity contribution in [3.05, 3.63) is 48.5 Å². The third-order valence-corrected chi connectivity index (χ3v) is 4.77. The van der Waals surface area contributed by atoms with E-state index in [0.717, 1.165) is 0 Å². The second kappa shape index (κ2) is 7.52. The molecule has 2 aromatic heterocycles. The molecule has 1 aliphatic rings. The van der Waals surface area contributed by atoms with Gasteiger partial charge in [-0.05, 0) is 49.7 Å². The van der Waals surface area contributed by atoms with Crippen molar-refractivity contribution in [3.63, 3.8) is 0 Å². The van der Waals surface area contributed by atoms with Crippen LogP contribution in [0.1, 0.15) is 19.2 Å². The summed E-state index contributed by atoms with van der Waals surface area (Å²) >= 11 is 4.76. The molecule has 11 heteroatoms. The van der Waals surface area contributed by atoms with Crippen LogP contribution in [0.25, 0.3) is 11.5 Å². The molecule has 4 rings (SSSR count). The molecule has 3 heterocycles. The normalized spacial score (nSPS) is 18.9. The zero-order valence-corrected chi connectivity index (χ0v) is 16.4. The highest BCUT2D eigenvalue weighted by Gasteiger charge is 2.44. The summed E-state index contributed by atoms with van der Waals surface area (Å²) in [5, 5.41) is 14.0. The summed E-state index contributed by atoms with van der Waals surface area (Å²) < 4.78 is 35.6.